The summed E-state index contributed by atoms with van der Waals surface area (Å²) in [5.74, 6) is 3.82. The van der Waals surface area contributed by atoms with Gasteiger partial charge in [0.15, 0.2) is 0 Å². The fraction of sp³-hybridized carbons (Fsp3) is 0.573. The fourth-order valence-electron chi connectivity index (χ4n) is 16.6. The van der Waals surface area contributed by atoms with Gasteiger partial charge in [-0.2, -0.15) is 0 Å². The van der Waals surface area contributed by atoms with Crippen LogP contribution in [0.25, 0.3) is 0 Å². The first-order valence-corrected chi connectivity index (χ1v) is 35.2. The predicted octanol–water partition coefficient (Wildman–Crippen LogP) is 12.2. The molecule has 15 rings (SSSR count). The highest BCUT2D eigenvalue weighted by molar-refractivity contribution is 6.11. The molecule has 5 amide bonds. The molecule has 3 spiro atoms. The second-order valence-corrected chi connectivity index (χ2v) is 28.4. The third-order valence-corrected chi connectivity index (χ3v) is 21.8. The van der Waals surface area contributed by atoms with E-state index in [0.717, 1.165) is 149 Å². The number of fused-ring (bicyclic) bond motifs is 9. The highest BCUT2D eigenvalue weighted by Gasteiger charge is 2.61. The first kappa shape index (κ1) is 62.4. The molecule has 4 aliphatic carbocycles. The molecule has 482 valence electrons. The van der Waals surface area contributed by atoms with Crippen molar-refractivity contribution in [3.63, 3.8) is 0 Å². The molecule has 0 atom stereocenters. The van der Waals surface area contributed by atoms with Crippen LogP contribution in [0.15, 0.2) is 72.8 Å². The third kappa shape index (κ3) is 10.8. The molecule has 1 saturated carbocycles. The van der Waals surface area contributed by atoms with Crippen molar-refractivity contribution in [3.05, 3.63) is 141 Å². The summed E-state index contributed by atoms with van der Waals surface area (Å²) in [6, 6.07) is 24.7. The summed E-state index contributed by atoms with van der Waals surface area (Å²) in [5, 5.41) is 0. The van der Waals surface area contributed by atoms with Crippen LogP contribution >= 0.6 is 0 Å². The molecular weight excluding hydrogens is 1130 g/mol. The topological polar surface area (TPSA) is 155 Å². The van der Waals surface area contributed by atoms with Gasteiger partial charge >= 0.3 is 0 Å². The second kappa shape index (κ2) is 25.6. The number of nitrogens with zero attached hydrogens (tertiary/aromatic N) is 11. The van der Waals surface area contributed by atoms with Gasteiger partial charge < -0.3 is 38.2 Å². The van der Waals surface area contributed by atoms with Crippen LogP contribution in [-0.2, 0) is 118 Å². The smallest absolute Gasteiger partial charge is 0.241 e. The van der Waals surface area contributed by atoms with Crippen molar-refractivity contribution < 1.29 is 24.0 Å². The van der Waals surface area contributed by atoms with Crippen LogP contribution in [0.5, 0.6) is 0 Å². The lowest BCUT2D eigenvalue weighted by Crippen LogP contribution is -2.65. The lowest BCUT2D eigenvalue weighted by Gasteiger charge is -2.47. The van der Waals surface area contributed by atoms with Crippen molar-refractivity contribution >= 4 is 46.6 Å². The predicted molar refractivity (Wildman–Crippen MR) is 356 cm³/mol. The molecule has 0 radical (unpaired) electrons. The molecule has 0 N–H and O–H groups in total. The van der Waals surface area contributed by atoms with Crippen molar-refractivity contribution in [1.82, 2.24) is 38.5 Å². The Bertz CT molecular complexity index is 3570. The number of carbonyl (C=O) groups excluding carboxylic acids is 5. The van der Waals surface area contributed by atoms with E-state index in [1.807, 2.05) is 88.6 Å². The van der Waals surface area contributed by atoms with Crippen LogP contribution in [0, 0.1) is 11.8 Å². The number of hydrogen-bond donors (Lipinski definition) is 0. The number of carbonyl (C=O) groups is 5. The monoisotopic (exact) mass is 1230 g/mol. The van der Waals surface area contributed by atoms with Gasteiger partial charge in [-0.25, -0.2) is 15.0 Å². The van der Waals surface area contributed by atoms with Gasteiger partial charge in [-0.05, 0) is 144 Å². The Kier molecular flexibility index (Phi) is 17.6. The standard InChI is InChI=1S/2C26H34N4O2.C23H29N3O/c2*1-4-5-14-29-22-13-9-7-11-20(22)27-23(29)15-30-21-12-8-6-10-19(21)26(25(30)32)16-28(17-26)24(31)18(2)3;1-2-3-15-25-20-12-7-5-10-18(20)24-21(25)16-26-19-11-6-4-9-17(19)23(22(26)27)13-8-14-23/h2*6,8,10,12,18H,4-5,7,9,11,13-17H2,1-3H3;4,6,9,11H,2-3,5,7-8,10,12-16H2,1H3. The Morgan fingerprint density at radius 1 is 0.418 bits per heavy atom. The number of likely N-dealkylation sites (tertiary alicyclic amines) is 2. The van der Waals surface area contributed by atoms with Crippen molar-refractivity contribution in [2.75, 3.05) is 40.9 Å². The van der Waals surface area contributed by atoms with E-state index < -0.39 is 10.8 Å². The van der Waals surface area contributed by atoms with E-state index in [4.69, 9.17) is 15.0 Å². The number of rotatable bonds is 17. The van der Waals surface area contributed by atoms with E-state index in [2.05, 4.69) is 70.9 Å². The highest BCUT2D eigenvalue weighted by Crippen LogP contribution is 2.54. The Morgan fingerprint density at radius 2 is 0.714 bits per heavy atom. The number of anilines is 3. The normalized spacial score (nSPS) is 19.1. The molecule has 8 heterocycles. The SMILES string of the molecule is CCCCn1c(CN2C(=O)C3(CCC3)c3ccccc32)nc2c1CCCC2.CCCCn1c(CN2C(=O)C3(CN(C(=O)C(C)C)C3)c3ccccc32)nc2c1CCCC2.CCCCn1c(CN2C(=O)C3(CN(C(=O)C(C)C)C3)c3ccccc32)nc2c1CCCC2. The maximum atomic E-state index is 13.8. The largest absolute Gasteiger partial charge is 0.339 e. The molecule has 16 heteroatoms. The Hall–Kier alpha value is -7.36. The molecule has 0 bridgehead atoms. The average molecular weight is 1230 g/mol. The molecular formula is C75H97N11O5. The molecule has 9 aliphatic rings. The Morgan fingerprint density at radius 3 is 1.01 bits per heavy atom. The van der Waals surface area contributed by atoms with Crippen LogP contribution in [0.3, 0.4) is 0 Å². The minimum atomic E-state index is -0.596. The van der Waals surface area contributed by atoms with Crippen LogP contribution in [-0.4, -0.2) is 94.2 Å². The maximum Gasteiger partial charge on any atom is 0.241 e. The minimum Gasteiger partial charge on any atom is -0.339 e. The summed E-state index contributed by atoms with van der Waals surface area (Å²) in [6.45, 7) is 20.9. The van der Waals surface area contributed by atoms with Gasteiger partial charge in [0.2, 0.25) is 29.5 Å². The molecule has 2 saturated heterocycles. The third-order valence-electron chi connectivity index (χ3n) is 21.8. The molecule has 16 nitrogen and oxygen atoms in total. The number of aromatic nitrogens is 6. The van der Waals surface area contributed by atoms with Gasteiger partial charge in [0.1, 0.15) is 28.3 Å². The number of unbranched alkanes of at least 4 members (excludes halogenated alkanes) is 3. The lowest BCUT2D eigenvalue weighted by atomic mass is 9.65. The number of benzene rings is 3. The molecule has 3 fully saturated rings. The summed E-state index contributed by atoms with van der Waals surface area (Å²) in [7, 11) is 0. The summed E-state index contributed by atoms with van der Waals surface area (Å²) < 4.78 is 7.24. The van der Waals surface area contributed by atoms with Crippen LogP contribution in [0.2, 0.25) is 0 Å². The van der Waals surface area contributed by atoms with E-state index in [0.29, 0.717) is 51.7 Å². The van der Waals surface area contributed by atoms with Gasteiger partial charge in [-0.3, -0.25) is 24.0 Å². The summed E-state index contributed by atoms with van der Waals surface area (Å²) in [5.41, 5.74) is 13.0. The zero-order chi connectivity index (χ0) is 63.3. The molecule has 5 aliphatic heterocycles. The van der Waals surface area contributed by atoms with E-state index >= 15 is 0 Å². The number of para-hydroxylation sites is 3. The highest BCUT2D eigenvalue weighted by atomic mass is 16.2. The van der Waals surface area contributed by atoms with Crippen molar-refractivity contribution in [1.29, 1.82) is 0 Å². The first-order valence-electron chi connectivity index (χ1n) is 35.2. The summed E-state index contributed by atoms with van der Waals surface area (Å²) in [6.07, 6.45) is 23.9. The number of imidazole rings is 3. The van der Waals surface area contributed by atoms with Crippen LogP contribution in [0.4, 0.5) is 17.1 Å². The summed E-state index contributed by atoms with van der Waals surface area (Å²) in [4.78, 5) is 90.8. The molecule has 3 aromatic heterocycles. The van der Waals surface area contributed by atoms with Gasteiger partial charge in [0.05, 0.1) is 42.1 Å². The van der Waals surface area contributed by atoms with Crippen LogP contribution in [0.1, 0.15) is 213 Å². The number of hydrogen-bond acceptors (Lipinski definition) is 8. The Labute approximate surface area is 539 Å². The summed E-state index contributed by atoms with van der Waals surface area (Å²) >= 11 is 0. The molecule has 6 aromatic rings. The van der Waals surface area contributed by atoms with E-state index in [-0.39, 0.29) is 40.9 Å². The average Bonchev–Trinajstić information content (AvgIpc) is 1.58. The number of aryl methyl sites for hydroxylation is 3. The lowest BCUT2D eigenvalue weighted by molar-refractivity contribution is -0.148. The van der Waals surface area contributed by atoms with Crippen molar-refractivity contribution in [3.8, 4) is 0 Å². The van der Waals surface area contributed by atoms with E-state index in [9.17, 15) is 24.0 Å². The zero-order valence-corrected chi connectivity index (χ0v) is 55.5. The van der Waals surface area contributed by atoms with Gasteiger partial charge in [0.25, 0.3) is 0 Å². The fourth-order valence-corrected chi connectivity index (χ4v) is 16.6. The quantitative estimate of drug-likeness (QED) is 0.0874. The van der Waals surface area contributed by atoms with Crippen molar-refractivity contribution in [2.45, 2.75) is 239 Å². The molecule has 3 aromatic carbocycles. The zero-order valence-electron chi connectivity index (χ0n) is 55.5. The number of amides is 5. The van der Waals surface area contributed by atoms with Crippen molar-refractivity contribution in [2.24, 2.45) is 11.8 Å². The van der Waals surface area contributed by atoms with E-state index in [1.165, 1.54) is 91.1 Å². The molecule has 91 heavy (non-hydrogen) atoms. The van der Waals surface area contributed by atoms with E-state index in [1.54, 1.807) is 0 Å². The minimum absolute atomic E-state index is 0.0486. The van der Waals surface area contributed by atoms with Gasteiger partial charge in [-0.15, -0.1) is 0 Å². The molecule has 0 unspecified atom stereocenters. The van der Waals surface area contributed by atoms with Gasteiger partial charge in [0, 0.05) is 91.8 Å². The maximum absolute atomic E-state index is 13.8. The Balaban J connectivity index is 0.000000125. The van der Waals surface area contributed by atoms with Crippen LogP contribution < -0.4 is 14.7 Å². The first-order chi connectivity index (χ1) is 44.2. The van der Waals surface area contributed by atoms with Gasteiger partial charge in [-0.1, -0.05) is 129 Å². The second-order valence-electron chi connectivity index (χ2n) is 28.4.